The molecule has 0 saturated carbocycles. The summed E-state index contributed by atoms with van der Waals surface area (Å²) in [4.78, 5) is 12.0. The number of benzene rings is 1. The van der Waals surface area contributed by atoms with Crippen molar-refractivity contribution >= 4 is 5.97 Å². The molecule has 0 spiro atoms. The minimum Gasteiger partial charge on any atom is -0.488 e. The number of esters is 1. The first kappa shape index (κ1) is 17.4. The van der Waals surface area contributed by atoms with E-state index in [2.05, 4.69) is 5.32 Å². The van der Waals surface area contributed by atoms with Crippen molar-refractivity contribution in [3.05, 3.63) is 29.8 Å². The molecule has 0 aliphatic rings. The molecular weight excluding hydrogens is 280 g/mol. The molecule has 0 amide bonds. The summed E-state index contributed by atoms with van der Waals surface area (Å²) in [6, 6.07) is 3.02. The maximum absolute atomic E-state index is 13.5. The van der Waals surface area contributed by atoms with Crippen LogP contribution in [0.4, 0.5) is 8.78 Å². The smallest absolute Gasteiger partial charge is 0.329 e. The van der Waals surface area contributed by atoms with E-state index in [1.807, 2.05) is 6.92 Å². The molecular formula is C15H21F2NO3. The SMILES string of the molecule is CCCNC(C)(COc1ccc(F)cc1F)C(=O)OCC. The van der Waals surface area contributed by atoms with Crippen LogP contribution in [0.2, 0.25) is 0 Å². The molecule has 1 N–H and O–H groups in total. The molecule has 1 rings (SSSR count). The summed E-state index contributed by atoms with van der Waals surface area (Å²) in [6.07, 6.45) is 0.819. The number of carbonyl (C=O) groups excluding carboxylic acids is 1. The standard InChI is InChI=1S/C15H21F2NO3/c1-4-8-18-15(3,14(19)20-5-2)10-21-13-7-6-11(16)9-12(13)17/h6-7,9,18H,4-5,8,10H2,1-3H3. The second kappa shape index (κ2) is 7.93. The molecule has 1 atom stereocenters. The van der Waals surface area contributed by atoms with E-state index in [0.29, 0.717) is 6.54 Å². The molecule has 1 aromatic rings. The summed E-state index contributed by atoms with van der Waals surface area (Å²) >= 11 is 0. The predicted octanol–water partition coefficient (Wildman–Crippen LogP) is 2.67. The number of rotatable bonds is 8. The maximum atomic E-state index is 13.5. The molecule has 1 unspecified atom stereocenters. The third kappa shape index (κ3) is 4.97. The van der Waals surface area contributed by atoms with Crippen molar-refractivity contribution in [3.8, 4) is 5.75 Å². The highest BCUT2D eigenvalue weighted by molar-refractivity contribution is 5.80. The van der Waals surface area contributed by atoms with Crippen molar-refractivity contribution < 1.29 is 23.0 Å². The van der Waals surface area contributed by atoms with Gasteiger partial charge in [0, 0.05) is 6.07 Å². The number of carbonyl (C=O) groups is 1. The average molecular weight is 301 g/mol. The molecule has 4 nitrogen and oxygen atoms in total. The Labute approximate surface area is 123 Å². The van der Waals surface area contributed by atoms with Gasteiger partial charge < -0.3 is 9.47 Å². The lowest BCUT2D eigenvalue weighted by molar-refractivity contribution is -0.151. The van der Waals surface area contributed by atoms with Gasteiger partial charge in [-0.25, -0.2) is 13.6 Å². The van der Waals surface area contributed by atoms with Crippen LogP contribution < -0.4 is 10.1 Å². The molecule has 6 heteroatoms. The van der Waals surface area contributed by atoms with Gasteiger partial charge in [0.15, 0.2) is 11.6 Å². The number of halogens is 2. The average Bonchev–Trinajstić information content (AvgIpc) is 2.44. The van der Waals surface area contributed by atoms with Gasteiger partial charge in [-0.3, -0.25) is 5.32 Å². The molecule has 0 bridgehead atoms. The first-order valence-corrected chi connectivity index (χ1v) is 6.93. The number of hydrogen-bond donors (Lipinski definition) is 1. The summed E-state index contributed by atoms with van der Waals surface area (Å²) < 4.78 is 36.7. The Morgan fingerprint density at radius 3 is 2.62 bits per heavy atom. The van der Waals surface area contributed by atoms with Crippen LogP contribution in [-0.2, 0) is 9.53 Å². The molecule has 0 aliphatic heterocycles. The minimum atomic E-state index is -1.09. The Hall–Kier alpha value is -1.69. The van der Waals surface area contributed by atoms with E-state index in [1.54, 1.807) is 13.8 Å². The number of nitrogens with one attached hydrogen (secondary N) is 1. The van der Waals surface area contributed by atoms with Crippen LogP contribution in [0.3, 0.4) is 0 Å². The Kier molecular flexibility index (Phi) is 6.55. The van der Waals surface area contributed by atoms with Gasteiger partial charge in [-0.1, -0.05) is 6.92 Å². The first-order valence-electron chi connectivity index (χ1n) is 6.93. The Bertz CT molecular complexity index is 482. The quantitative estimate of drug-likeness (QED) is 0.750. The summed E-state index contributed by atoms with van der Waals surface area (Å²) in [5.41, 5.74) is -1.09. The second-order valence-corrected chi connectivity index (χ2v) is 4.84. The van der Waals surface area contributed by atoms with E-state index >= 15 is 0 Å². The van der Waals surface area contributed by atoms with E-state index in [9.17, 15) is 13.6 Å². The number of hydrogen-bond acceptors (Lipinski definition) is 4. The van der Waals surface area contributed by atoms with Gasteiger partial charge >= 0.3 is 5.97 Å². The topological polar surface area (TPSA) is 47.6 Å². The fourth-order valence-electron chi connectivity index (χ4n) is 1.69. The fraction of sp³-hybridized carbons (Fsp3) is 0.533. The number of ether oxygens (including phenoxy) is 2. The van der Waals surface area contributed by atoms with Crippen LogP contribution in [0.25, 0.3) is 0 Å². The lowest BCUT2D eigenvalue weighted by Crippen LogP contribution is -2.55. The lowest BCUT2D eigenvalue weighted by Gasteiger charge is -2.28. The largest absolute Gasteiger partial charge is 0.488 e. The van der Waals surface area contributed by atoms with Gasteiger partial charge in [0.25, 0.3) is 0 Å². The minimum absolute atomic E-state index is 0.106. The zero-order chi connectivity index (χ0) is 15.9. The molecule has 1 aromatic carbocycles. The third-order valence-corrected chi connectivity index (χ3v) is 2.90. The summed E-state index contributed by atoms with van der Waals surface area (Å²) in [5.74, 6) is -2.07. The monoisotopic (exact) mass is 301 g/mol. The van der Waals surface area contributed by atoms with E-state index in [-0.39, 0.29) is 19.0 Å². The normalized spacial score (nSPS) is 13.6. The van der Waals surface area contributed by atoms with E-state index in [1.165, 1.54) is 6.07 Å². The lowest BCUT2D eigenvalue weighted by atomic mass is 10.0. The maximum Gasteiger partial charge on any atom is 0.329 e. The highest BCUT2D eigenvalue weighted by Crippen LogP contribution is 2.19. The zero-order valence-electron chi connectivity index (χ0n) is 12.5. The van der Waals surface area contributed by atoms with Crippen molar-refractivity contribution in [1.82, 2.24) is 5.32 Å². The second-order valence-electron chi connectivity index (χ2n) is 4.84. The van der Waals surface area contributed by atoms with Gasteiger partial charge in [0.2, 0.25) is 0 Å². The van der Waals surface area contributed by atoms with Gasteiger partial charge in [0.1, 0.15) is 18.0 Å². The van der Waals surface area contributed by atoms with Gasteiger partial charge in [-0.05, 0) is 38.9 Å². The van der Waals surface area contributed by atoms with Crippen LogP contribution >= 0.6 is 0 Å². The molecule has 0 saturated heterocycles. The highest BCUT2D eigenvalue weighted by Gasteiger charge is 2.35. The van der Waals surface area contributed by atoms with E-state index in [4.69, 9.17) is 9.47 Å². The van der Waals surface area contributed by atoms with Crippen LogP contribution in [0.15, 0.2) is 18.2 Å². The van der Waals surface area contributed by atoms with Crippen LogP contribution in [0.5, 0.6) is 5.75 Å². The molecule has 118 valence electrons. The Morgan fingerprint density at radius 2 is 2.05 bits per heavy atom. The van der Waals surface area contributed by atoms with Gasteiger partial charge in [-0.2, -0.15) is 0 Å². The fourth-order valence-corrected chi connectivity index (χ4v) is 1.69. The third-order valence-electron chi connectivity index (χ3n) is 2.90. The van der Waals surface area contributed by atoms with E-state index < -0.39 is 23.1 Å². The highest BCUT2D eigenvalue weighted by atomic mass is 19.1. The summed E-state index contributed by atoms with van der Waals surface area (Å²) in [6.45, 7) is 6.01. The van der Waals surface area contributed by atoms with Gasteiger partial charge in [-0.15, -0.1) is 0 Å². The van der Waals surface area contributed by atoms with Crippen LogP contribution in [0.1, 0.15) is 27.2 Å². The van der Waals surface area contributed by atoms with Crippen molar-refractivity contribution in [2.75, 3.05) is 19.8 Å². The van der Waals surface area contributed by atoms with Crippen molar-refractivity contribution in [1.29, 1.82) is 0 Å². The molecule has 21 heavy (non-hydrogen) atoms. The molecule has 0 aromatic heterocycles. The van der Waals surface area contributed by atoms with E-state index in [0.717, 1.165) is 18.6 Å². The van der Waals surface area contributed by atoms with Crippen LogP contribution in [0, 0.1) is 11.6 Å². The van der Waals surface area contributed by atoms with Crippen molar-refractivity contribution in [2.45, 2.75) is 32.7 Å². The van der Waals surface area contributed by atoms with Crippen molar-refractivity contribution in [2.24, 2.45) is 0 Å². The first-order chi connectivity index (χ1) is 9.92. The van der Waals surface area contributed by atoms with Gasteiger partial charge in [0.05, 0.1) is 6.61 Å². The molecule has 0 aliphatic carbocycles. The summed E-state index contributed by atoms with van der Waals surface area (Å²) in [7, 11) is 0. The van der Waals surface area contributed by atoms with Crippen molar-refractivity contribution in [3.63, 3.8) is 0 Å². The Balaban J connectivity index is 2.78. The Morgan fingerprint density at radius 1 is 1.33 bits per heavy atom. The molecule has 0 radical (unpaired) electrons. The molecule has 0 fully saturated rings. The molecule has 0 heterocycles. The zero-order valence-corrected chi connectivity index (χ0v) is 12.5. The predicted molar refractivity (Wildman–Crippen MR) is 75.2 cm³/mol. The summed E-state index contributed by atoms with van der Waals surface area (Å²) in [5, 5.41) is 3.04. The van der Waals surface area contributed by atoms with Crippen LogP contribution in [-0.4, -0.2) is 31.3 Å².